The lowest BCUT2D eigenvalue weighted by Crippen LogP contribution is -2.33. The molecule has 1 aromatic rings. The summed E-state index contributed by atoms with van der Waals surface area (Å²) in [7, 11) is 0. The molecule has 0 heterocycles. The Morgan fingerprint density at radius 1 is 1.42 bits per heavy atom. The SMILES string of the molecule is Cc1cc(Br)cc(C(=O)NCC2CCCC(O)C2)c1. The van der Waals surface area contributed by atoms with E-state index in [9.17, 15) is 9.90 Å². The molecule has 1 aliphatic carbocycles. The van der Waals surface area contributed by atoms with E-state index in [1.165, 1.54) is 0 Å². The minimum Gasteiger partial charge on any atom is -0.393 e. The normalized spacial score (nSPS) is 23.1. The van der Waals surface area contributed by atoms with Gasteiger partial charge in [-0.25, -0.2) is 0 Å². The van der Waals surface area contributed by atoms with Crippen LogP contribution in [-0.4, -0.2) is 23.7 Å². The molecule has 0 saturated heterocycles. The van der Waals surface area contributed by atoms with Gasteiger partial charge in [0.25, 0.3) is 5.91 Å². The van der Waals surface area contributed by atoms with Gasteiger partial charge in [-0.2, -0.15) is 0 Å². The Labute approximate surface area is 122 Å². The van der Waals surface area contributed by atoms with Gasteiger partial charge in [0.1, 0.15) is 0 Å². The fourth-order valence-electron chi connectivity index (χ4n) is 2.65. The smallest absolute Gasteiger partial charge is 0.251 e. The second kappa shape index (κ2) is 6.53. The van der Waals surface area contributed by atoms with E-state index in [-0.39, 0.29) is 12.0 Å². The van der Waals surface area contributed by atoms with Crippen molar-refractivity contribution in [3.63, 3.8) is 0 Å². The molecule has 4 heteroatoms. The van der Waals surface area contributed by atoms with Gasteiger partial charge in [0.05, 0.1) is 6.10 Å². The molecule has 2 N–H and O–H groups in total. The monoisotopic (exact) mass is 325 g/mol. The summed E-state index contributed by atoms with van der Waals surface area (Å²) in [5.41, 5.74) is 1.75. The van der Waals surface area contributed by atoms with E-state index < -0.39 is 0 Å². The van der Waals surface area contributed by atoms with Crippen LogP contribution in [0.15, 0.2) is 22.7 Å². The summed E-state index contributed by atoms with van der Waals surface area (Å²) in [4.78, 5) is 12.1. The molecule has 2 unspecified atom stereocenters. The van der Waals surface area contributed by atoms with Crippen LogP contribution in [-0.2, 0) is 0 Å². The molecule has 0 spiro atoms. The molecule has 0 aliphatic heterocycles. The van der Waals surface area contributed by atoms with Crippen LogP contribution in [0.25, 0.3) is 0 Å². The van der Waals surface area contributed by atoms with E-state index in [0.717, 1.165) is 35.7 Å². The predicted octanol–water partition coefficient (Wildman–Crippen LogP) is 3.04. The van der Waals surface area contributed by atoms with E-state index >= 15 is 0 Å². The topological polar surface area (TPSA) is 49.3 Å². The molecule has 1 aliphatic rings. The molecule has 2 atom stereocenters. The van der Waals surface area contributed by atoms with Crippen molar-refractivity contribution in [3.8, 4) is 0 Å². The summed E-state index contributed by atoms with van der Waals surface area (Å²) < 4.78 is 0.922. The molecule has 104 valence electrons. The molecule has 1 saturated carbocycles. The van der Waals surface area contributed by atoms with Crippen LogP contribution in [0.2, 0.25) is 0 Å². The van der Waals surface area contributed by atoms with Gasteiger partial charge in [-0.3, -0.25) is 4.79 Å². The third-order valence-corrected chi connectivity index (χ3v) is 4.07. The predicted molar refractivity (Wildman–Crippen MR) is 79.2 cm³/mol. The summed E-state index contributed by atoms with van der Waals surface area (Å²) >= 11 is 3.40. The van der Waals surface area contributed by atoms with Gasteiger partial charge in [0.2, 0.25) is 0 Å². The summed E-state index contributed by atoms with van der Waals surface area (Å²) in [6.45, 7) is 2.63. The number of hydrogen-bond donors (Lipinski definition) is 2. The van der Waals surface area contributed by atoms with Crippen molar-refractivity contribution < 1.29 is 9.90 Å². The minimum atomic E-state index is -0.191. The van der Waals surface area contributed by atoms with Gasteiger partial charge in [-0.15, -0.1) is 0 Å². The maximum Gasteiger partial charge on any atom is 0.251 e. The van der Waals surface area contributed by atoms with E-state index in [2.05, 4.69) is 21.2 Å². The zero-order valence-corrected chi connectivity index (χ0v) is 12.7. The summed E-state index contributed by atoms with van der Waals surface area (Å²) in [6, 6.07) is 5.70. The fraction of sp³-hybridized carbons (Fsp3) is 0.533. The molecule has 0 bridgehead atoms. The van der Waals surface area contributed by atoms with Gasteiger partial charge in [0.15, 0.2) is 0 Å². The van der Waals surface area contributed by atoms with Crippen molar-refractivity contribution in [1.82, 2.24) is 5.32 Å². The lowest BCUT2D eigenvalue weighted by molar-refractivity contribution is 0.0873. The minimum absolute atomic E-state index is 0.0375. The number of aryl methyl sites for hydroxylation is 1. The second-order valence-corrected chi connectivity index (χ2v) is 6.33. The van der Waals surface area contributed by atoms with Gasteiger partial charge in [-0.1, -0.05) is 22.4 Å². The van der Waals surface area contributed by atoms with E-state index in [1.807, 2.05) is 25.1 Å². The largest absolute Gasteiger partial charge is 0.393 e. The fourth-order valence-corrected chi connectivity index (χ4v) is 3.26. The van der Waals surface area contributed by atoms with Gasteiger partial charge >= 0.3 is 0 Å². The maximum absolute atomic E-state index is 12.1. The van der Waals surface area contributed by atoms with Crippen molar-refractivity contribution in [2.75, 3.05) is 6.54 Å². The van der Waals surface area contributed by atoms with Crippen LogP contribution in [0.5, 0.6) is 0 Å². The summed E-state index contributed by atoms with van der Waals surface area (Å²) in [5.74, 6) is 0.366. The lowest BCUT2D eigenvalue weighted by Gasteiger charge is -2.25. The third kappa shape index (κ3) is 4.32. The quantitative estimate of drug-likeness (QED) is 0.897. The second-order valence-electron chi connectivity index (χ2n) is 5.41. The molecule has 1 aromatic carbocycles. The van der Waals surface area contributed by atoms with Crippen LogP contribution in [0.3, 0.4) is 0 Å². The number of nitrogens with one attached hydrogen (secondary N) is 1. The molecule has 1 fully saturated rings. The van der Waals surface area contributed by atoms with Crippen LogP contribution in [0, 0.1) is 12.8 Å². The Hall–Kier alpha value is -0.870. The van der Waals surface area contributed by atoms with Gasteiger partial charge in [-0.05, 0) is 55.9 Å². The average molecular weight is 326 g/mol. The summed E-state index contributed by atoms with van der Waals surface area (Å²) in [6.07, 6.45) is 3.66. The van der Waals surface area contributed by atoms with Crippen molar-refractivity contribution in [2.45, 2.75) is 38.7 Å². The van der Waals surface area contributed by atoms with Crippen LogP contribution >= 0.6 is 15.9 Å². The maximum atomic E-state index is 12.1. The van der Waals surface area contributed by atoms with Gasteiger partial charge in [0, 0.05) is 16.6 Å². The number of hydrogen-bond acceptors (Lipinski definition) is 2. The van der Waals surface area contributed by atoms with Crippen LogP contribution < -0.4 is 5.32 Å². The highest BCUT2D eigenvalue weighted by Crippen LogP contribution is 2.23. The first-order valence-corrected chi connectivity index (χ1v) is 7.57. The molecular formula is C15H20BrNO2. The standard InChI is InChI=1S/C15H20BrNO2/c1-10-5-12(8-13(16)6-10)15(19)17-9-11-3-2-4-14(18)7-11/h5-6,8,11,14,18H,2-4,7,9H2,1H3,(H,17,19). The average Bonchev–Trinajstić information content (AvgIpc) is 2.35. The molecular weight excluding hydrogens is 306 g/mol. The highest BCUT2D eigenvalue weighted by Gasteiger charge is 2.20. The number of amides is 1. The zero-order chi connectivity index (χ0) is 13.8. The van der Waals surface area contributed by atoms with Crippen molar-refractivity contribution >= 4 is 21.8 Å². The van der Waals surface area contributed by atoms with Crippen LogP contribution in [0.1, 0.15) is 41.6 Å². The van der Waals surface area contributed by atoms with Crippen molar-refractivity contribution in [2.24, 2.45) is 5.92 Å². The molecule has 2 rings (SSSR count). The van der Waals surface area contributed by atoms with E-state index in [0.29, 0.717) is 18.0 Å². The van der Waals surface area contributed by atoms with E-state index in [4.69, 9.17) is 0 Å². The Kier molecular flexibility index (Phi) is 4.99. The third-order valence-electron chi connectivity index (χ3n) is 3.61. The first kappa shape index (κ1) is 14.5. The zero-order valence-electron chi connectivity index (χ0n) is 11.2. The van der Waals surface area contributed by atoms with Crippen molar-refractivity contribution in [3.05, 3.63) is 33.8 Å². The number of benzene rings is 1. The number of halogens is 1. The van der Waals surface area contributed by atoms with Crippen molar-refractivity contribution in [1.29, 1.82) is 0 Å². The molecule has 1 amide bonds. The number of rotatable bonds is 3. The van der Waals surface area contributed by atoms with Crippen LogP contribution in [0.4, 0.5) is 0 Å². The number of aliphatic hydroxyl groups is 1. The molecule has 3 nitrogen and oxygen atoms in total. The molecule has 0 radical (unpaired) electrons. The summed E-state index contributed by atoms with van der Waals surface area (Å²) in [5, 5.41) is 12.6. The molecule has 19 heavy (non-hydrogen) atoms. The Bertz CT molecular complexity index is 441. The highest BCUT2D eigenvalue weighted by molar-refractivity contribution is 9.10. The van der Waals surface area contributed by atoms with Gasteiger partial charge < -0.3 is 10.4 Å². The lowest BCUT2D eigenvalue weighted by atomic mass is 9.87. The molecule has 0 aromatic heterocycles. The Balaban J connectivity index is 1.90. The highest BCUT2D eigenvalue weighted by atomic mass is 79.9. The first-order chi connectivity index (χ1) is 9.04. The number of carbonyl (C=O) groups excluding carboxylic acids is 1. The van der Waals surface area contributed by atoms with E-state index in [1.54, 1.807) is 0 Å². The Morgan fingerprint density at radius 2 is 2.21 bits per heavy atom. The first-order valence-electron chi connectivity index (χ1n) is 6.78. The Morgan fingerprint density at radius 3 is 2.89 bits per heavy atom. The number of carbonyl (C=O) groups is 1. The number of aliphatic hydroxyl groups excluding tert-OH is 1.